The predicted molar refractivity (Wildman–Crippen MR) is 86.9 cm³/mol. The van der Waals surface area contributed by atoms with Crippen LogP contribution in [0.25, 0.3) is 0 Å². The van der Waals surface area contributed by atoms with Gasteiger partial charge in [-0.2, -0.15) is 4.73 Å². The molecule has 0 unspecified atom stereocenters. The maximum atomic E-state index is 12.2. The molecule has 1 heterocycles. The van der Waals surface area contributed by atoms with E-state index < -0.39 is 0 Å². The molecule has 0 atom stereocenters. The number of carbonyl (C=O) groups excluding carboxylic acids is 2. The first-order valence-electron chi connectivity index (χ1n) is 7.19. The molecule has 0 saturated heterocycles. The van der Waals surface area contributed by atoms with E-state index >= 15 is 0 Å². The Hall–Kier alpha value is -2.89. The van der Waals surface area contributed by atoms with Crippen molar-refractivity contribution >= 4 is 17.5 Å². The number of benzene rings is 1. The minimum atomic E-state index is -0.318. The number of nitrogens with one attached hydrogen (secondary N) is 1. The average Bonchev–Trinajstić information content (AvgIpc) is 2.52. The molecule has 1 aromatic carbocycles. The Morgan fingerprint density at radius 1 is 1.17 bits per heavy atom. The Labute approximate surface area is 134 Å². The van der Waals surface area contributed by atoms with E-state index in [0.717, 1.165) is 16.8 Å². The molecule has 23 heavy (non-hydrogen) atoms. The number of rotatable bonds is 4. The lowest BCUT2D eigenvalue weighted by Crippen LogP contribution is -2.35. The molecule has 0 aliphatic rings. The zero-order chi connectivity index (χ0) is 17.0. The Morgan fingerprint density at radius 2 is 1.83 bits per heavy atom. The second-order valence-corrected chi connectivity index (χ2v) is 5.40. The van der Waals surface area contributed by atoms with E-state index in [-0.39, 0.29) is 18.4 Å². The molecule has 0 bridgehead atoms. The van der Waals surface area contributed by atoms with E-state index in [9.17, 15) is 14.8 Å². The van der Waals surface area contributed by atoms with Crippen molar-refractivity contribution in [1.29, 1.82) is 0 Å². The Kier molecular flexibility index (Phi) is 4.95. The highest BCUT2D eigenvalue weighted by Crippen LogP contribution is 2.17. The van der Waals surface area contributed by atoms with Crippen LogP contribution in [0.15, 0.2) is 42.7 Å². The maximum Gasteiger partial charge on any atom is 0.254 e. The van der Waals surface area contributed by atoms with Crippen molar-refractivity contribution in [2.75, 3.05) is 18.9 Å². The van der Waals surface area contributed by atoms with Crippen LogP contribution in [0.1, 0.15) is 21.5 Å². The third kappa shape index (κ3) is 4.06. The normalized spacial score (nSPS) is 10.2. The number of pyridine rings is 1. The summed E-state index contributed by atoms with van der Waals surface area (Å²) < 4.78 is 0.601. The molecule has 0 saturated carbocycles. The molecule has 2 aromatic rings. The summed E-state index contributed by atoms with van der Waals surface area (Å²) in [5.41, 5.74) is 3.18. The van der Waals surface area contributed by atoms with Crippen molar-refractivity contribution in [3.63, 3.8) is 0 Å². The van der Waals surface area contributed by atoms with Crippen LogP contribution in [0.4, 0.5) is 5.69 Å². The minimum Gasteiger partial charge on any atom is -0.619 e. The van der Waals surface area contributed by atoms with Crippen molar-refractivity contribution < 1.29 is 14.3 Å². The number of carbonyl (C=O) groups is 2. The first-order valence-corrected chi connectivity index (χ1v) is 7.19. The number of hydrogen-bond acceptors (Lipinski definition) is 3. The molecule has 0 aliphatic carbocycles. The second-order valence-electron chi connectivity index (χ2n) is 5.40. The zero-order valence-electron chi connectivity index (χ0n) is 13.4. The van der Waals surface area contributed by atoms with E-state index in [1.807, 2.05) is 32.0 Å². The SMILES string of the molecule is Cc1cccc(NC(=O)CN(C)C(=O)c2cc[n+]([O-])cc2)c1C. The molecule has 120 valence electrons. The summed E-state index contributed by atoms with van der Waals surface area (Å²) in [5, 5.41) is 13.8. The van der Waals surface area contributed by atoms with E-state index in [4.69, 9.17) is 0 Å². The predicted octanol–water partition coefficient (Wildman–Crippen LogP) is 1.65. The lowest BCUT2D eigenvalue weighted by Gasteiger charge is -2.17. The van der Waals surface area contributed by atoms with Crippen LogP contribution in [-0.2, 0) is 4.79 Å². The number of anilines is 1. The fourth-order valence-electron chi connectivity index (χ4n) is 2.14. The molecule has 6 heteroatoms. The molecular weight excluding hydrogens is 294 g/mol. The van der Waals surface area contributed by atoms with Gasteiger partial charge in [-0.05, 0) is 31.0 Å². The molecular formula is C17H19N3O3. The van der Waals surface area contributed by atoms with Gasteiger partial charge in [-0.1, -0.05) is 12.1 Å². The number of nitrogens with zero attached hydrogens (tertiary/aromatic N) is 2. The van der Waals surface area contributed by atoms with Crippen LogP contribution in [-0.4, -0.2) is 30.3 Å². The Morgan fingerprint density at radius 3 is 2.48 bits per heavy atom. The summed E-state index contributed by atoms with van der Waals surface area (Å²) in [5.74, 6) is -0.592. The largest absolute Gasteiger partial charge is 0.619 e. The number of hydrogen-bond donors (Lipinski definition) is 1. The van der Waals surface area contributed by atoms with Gasteiger partial charge in [0.1, 0.15) is 0 Å². The minimum absolute atomic E-state index is 0.0709. The van der Waals surface area contributed by atoms with Crippen molar-refractivity contribution in [3.05, 3.63) is 64.6 Å². The lowest BCUT2D eigenvalue weighted by molar-refractivity contribution is -0.605. The van der Waals surface area contributed by atoms with Gasteiger partial charge in [0.05, 0.1) is 12.1 Å². The van der Waals surface area contributed by atoms with Crippen molar-refractivity contribution in [2.24, 2.45) is 0 Å². The zero-order valence-corrected chi connectivity index (χ0v) is 13.4. The Bertz CT molecular complexity index is 726. The topological polar surface area (TPSA) is 76.4 Å². The van der Waals surface area contributed by atoms with Gasteiger partial charge in [0.2, 0.25) is 5.91 Å². The van der Waals surface area contributed by atoms with E-state index in [1.54, 1.807) is 7.05 Å². The lowest BCUT2D eigenvalue weighted by atomic mass is 10.1. The first-order chi connectivity index (χ1) is 10.9. The van der Waals surface area contributed by atoms with Crippen LogP contribution >= 0.6 is 0 Å². The number of likely N-dealkylation sites (N-methyl/N-ethyl adjacent to an activating group) is 1. The van der Waals surface area contributed by atoms with Crippen LogP contribution in [0, 0.1) is 19.1 Å². The fourth-order valence-corrected chi connectivity index (χ4v) is 2.14. The molecule has 0 aliphatic heterocycles. The third-order valence-electron chi connectivity index (χ3n) is 3.66. The smallest absolute Gasteiger partial charge is 0.254 e. The third-order valence-corrected chi connectivity index (χ3v) is 3.66. The van der Waals surface area contributed by atoms with Gasteiger partial charge in [-0.25, -0.2) is 0 Å². The molecule has 2 amide bonds. The van der Waals surface area contributed by atoms with Gasteiger partial charge in [-0.15, -0.1) is 0 Å². The van der Waals surface area contributed by atoms with Crippen molar-refractivity contribution in [3.8, 4) is 0 Å². The number of aromatic nitrogens is 1. The average molecular weight is 313 g/mol. The van der Waals surface area contributed by atoms with E-state index in [1.165, 1.54) is 29.4 Å². The fraction of sp³-hybridized carbons (Fsp3) is 0.235. The van der Waals surface area contributed by atoms with Gasteiger partial charge < -0.3 is 15.4 Å². The second kappa shape index (κ2) is 6.91. The molecule has 1 aromatic heterocycles. The van der Waals surface area contributed by atoms with Crippen molar-refractivity contribution in [1.82, 2.24) is 4.90 Å². The standard InChI is InChI=1S/C17H19N3O3/c1-12-5-4-6-15(13(12)2)18-16(21)11-19(3)17(22)14-7-9-20(23)10-8-14/h4-10H,11H2,1-3H3,(H,18,21). The molecule has 2 rings (SSSR count). The van der Waals surface area contributed by atoms with Gasteiger partial charge in [0.25, 0.3) is 5.91 Å². The quantitative estimate of drug-likeness (QED) is 0.689. The molecule has 0 spiro atoms. The van der Waals surface area contributed by atoms with Gasteiger partial charge >= 0.3 is 0 Å². The van der Waals surface area contributed by atoms with Gasteiger partial charge in [0, 0.05) is 24.9 Å². The molecule has 0 fully saturated rings. The van der Waals surface area contributed by atoms with Crippen LogP contribution in [0.2, 0.25) is 0 Å². The molecule has 1 N–H and O–H groups in total. The van der Waals surface area contributed by atoms with Gasteiger partial charge in [0.15, 0.2) is 12.4 Å². The molecule has 6 nitrogen and oxygen atoms in total. The maximum absolute atomic E-state index is 12.2. The summed E-state index contributed by atoms with van der Waals surface area (Å²) in [4.78, 5) is 25.6. The van der Waals surface area contributed by atoms with Crippen LogP contribution < -0.4 is 10.0 Å². The summed E-state index contributed by atoms with van der Waals surface area (Å²) >= 11 is 0. The Balaban J connectivity index is 2.00. The summed E-state index contributed by atoms with van der Waals surface area (Å²) in [6, 6.07) is 8.52. The van der Waals surface area contributed by atoms with E-state index in [0.29, 0.717) is 10.3 Å². The highest BCUT2D eigenvalue weighted by molar-refractivity contribution is 5.99. The summed E-state index contributed by atoms with van der Waals surface area (Å²) in [6.45, 7) is 3.83. The highest BCUT2D eigenvalue weighted by Gasteiger charge is 2.16. The monoisotopic (exact) mass is 313 g/mol. The van der Waals surface area contributed by atoms with Crippen molar-refractivity contribution in [2.45, 2.75) is 13.8 Å². The number of aryl methyl sites for hydroxylation is 1. The highest BCUT2D eigenvalue weighted by atomic mass is 16.5. The first kappa shape index (κ1) is 16.5. The summed E-state index contributed by atoms with van der Waals surface area (Å²) in [7, 11) is 1.54. The number of amides is 2. The summed E-state index contributed by atoms with van der Waals surface area (Å²) in [6.07, 6.45) is 2.49. The van der Waals surface area contributed by atoms with Crippen LogP contribution in [0.5, 0.6) is 0 Å². The van der Waals surface area contributed by atoms with Gasteiger partial charge in [-0.3, -0.25) is 9.59 Å². The van der Waals surface area contributed by atoms with Crippen LogP contribution in [0.3, 0.4) is 0 Å². The van der Waals surface area contributed by atoms with E-state index in [2.05, 4.69) is 5.32 Å². The molecule has 0 radical (unpaired) electrons.